The Hall–Kier alpha value is -7.56. The summed E-state index contributed by atoms with van der Waals surface area (Å²) in [6.07, 6.45) is 0. The molecule has 0 amide bonds. The number of rotatable bonds is 6. The molecule has 0 spiro atoms. The zero-order valence-corrected chi connectivity index (χ0v) is 30.3. The van der Waals surface area contributed by atoms with Gasteiger partial charge < -0.3 is 8.98 Å². The Balaban J connectivity index is 1.07. The Bertz CT molecular complexity index is 3110. The van der Waals surface area contributed by atoms with Crippen LogP contribution in [-0.4, -0.2) is 14.5 Å². The van der Waals surface area contributed by atoms with E-state index in [0.717, 1.165) is 78.0 Å². The average molecular weight is 716 g/mol. The van der Waals surface area contributed by atoms with Crippen LogP contribution in [-0.2, 0) is 0 Å². The summed E-state index contributed by atoms with van der Waals surface area (Å²) in [5.74, 6) is 0.686. The molecule has 8 aromatic carbocycles. The Morgan fingerprint density at radius 3 is 1.50 bits per heavy atom. The third kappa shape index (κ3) is 5.39. The first-order valence-corrected chi connectivity index (χ1v) is 18.9. The van der Waals surface area contributed by atoms with Crippen LogP contribution in [0, 0.1) is 0 Å². The molecule has 0 radical (unpaired) electrons. The van der Waals surface area contributed by atoms with Crippen molar-refractivity contribution >= 4 is 43.7 Å². The van der Waals surface area contributed by atoms with E-state index in [0.29, 0.717) is 5.82 Å². The van der Waals surface area contributed by atoms with Crippen LogP contribution in [0.4, 0.5) is 0 Å². The fraction of sp³-hybridized carbons (Fsp3) is 0. The van der Waals surface area contributed by atoms with E-state index in [4.69, 9.17) is 14.4 Å². The second-order valence-electron chi connectivity index (χ2n) is 14.2. The van der Waals surface area contributed by atoms with Gasteiger partial charge in [0.05, 0.1) is 22.4 Å². The van der Waals surface area contributed by atoms with Crippen molar-refractivity contribution in [3.8, 4) is 61.8 Å². The monoisotopic (exact) mass is 715 g/mol. The van der Waals surface area contributed by atoms with Crippen LogP contribution in [0.25, 0.3) is 106 Å². The Kier molecular flexibility index (Phi) is 7.46. The Labute approximate surface area is 323 Å². The molecule has 0 fully saturated rings. The number of hydrogen-bond acceptors (Lipinski definition) is 3. The van der Waals surface area contributed by atoms with E-state index >= 15 is 0 Å². The SMILES string of the molecule is c1ccc(-c2cc(-c3ccc(-c4nc(-c5ccccc5)cc(-c5ccccc5)n4)cc3)c3c(c2)oc2cc(-n4c5ccccc5c5ccccc54)ccc23)cc1. The summed E-state index contributed by atoms with van der Waals surface area (Å²) in [7, 11) is 0. The van der Waals surface area contributed by atoms with E-state index < -0.39 is 0 Å². The predicted molar refractivity (Wildman–Crippen MR) is 231 cm³/mol. The van der Waals surface area contributed by atoms with Gasteiger partial charge in [-0.25, -0.2) is 9.97 Å². The minimum atomic E-state index is 0.686. The number of benzene rings is 8. The van der Waals surface area contributed by atoms with Crippen LogP contribution in [0.3, 0.4) is 0 Å². The van der Waals surface area contributed by atoms with E-state index in [9.17, 15) is 0 Å². The normalized spacial score (nSPS) is 11.6. The van der Waals surface area contributed by atoms with Crippen LogP contribution in [0.1, 0.15) is 0 Å². The van der Waals surface area contributed by atoms with Gasteiger partial charge in [0.25, 0.3) is 0 Å². The van der Waals surface area contributed by atoms with Crippen LogP contribution in [0.2, 0.25) is 0 Å². The fourth-order valence-electron chi connectivity index (χ4n) is 8.15. The summed E-state index contributed by atoms with van der Waals surface area (Å²) in [5.41, 5.74) is 14.4. The molecule has 0 aliphatic rings. The molecule has 3 heterocycles. The molecule has 0 saturated heterocycles. The summed E-state index contributed by atoms with van der Waals surface area (Å²) < 4.78 is 9.15. The smallest absolute Gasteiger partial charge is 0.160 e. The van der Waals surface area contributed by atoms with E-state index in [-0.39, 0.29) is 0 Å². The summed E-state index contributed by atoms with van der Waals surface area (Å²) in [6, 6.07) is 70.1. The highest BCUT2D eigenvalue weighted by Crippen LogP contribution is 2.42. The molecule has 0 atom stereocenters. The number of para-hydroxylation sites is 2. The molecule has 0 unspecified atom stereocenters. The highest BCUT2D eigenvalue weighted by Gasteiger charge is 2.19. The van der Waals surface area contributed by atoms with Crippen molar-refractivity contribution in [3.63, 3.8) is 0 Å². The standard InChI is InChI=1S/C52H33N3O/c1-4-14-34(15-5-1)39-30-44(35-24-26-38(27-25-35)52-53-45(36-16-6-2-7-17-36)33-46(54-52)37-18-8-3-9-19-37)51-43-29-28-40(32-49(43)56-50(51)31-39)55-47-22-12-10-20-41(47)42-21-11-13-23-48(42)55/h1-33H. The van der Waals surface area contributed by atoms with Gasteiger partial charge in [0.15, 0.2) is 5.82 Å². The summed E-state index contributed by atoms with van der Waals surface area (Å²) in [4.78, 5) is 10.2. The van der Waals surface area contributed by atoms with Crippen LogP contribution in [0.5, 0.6) is 0 Å². The van der Waals surface area contributed by atoms with Gasteiger partial charge in [-0.2, -0.15) is 0 Å². The first kappa shape index (κ1) is 31.9. The molecule has 56 heavy (non-hydrogen) atoms. The Morgan fingerprint density at radius 1 is 0.357 bits per heavy atom. The lowest BCUT2D eigenvalue weighted by Crippen LogP contribution is -1.96. The van der Waals surface area contributed by atoms with Crippen molar-refractivity contribution < 1.29 is 4.42 Å². The molecule has 0 N–H and O–H groups in total. The third-order valence-electron chi connectivity index (χ3n) is 10.8. The lowest BCUT2D eigenvalue weighted by molar-refractivity contribution is 0.669. The molecule has 4 heteroatoms. The van der Waals surface area contributed by atoms with Gasteiger partial charge in [0.1, 0.15) is 11.2 Å². The number of furan rings is 1. The molecular formula is C52H33N3O. The van der Waals surface area contributed by atoms with Gasteiger partial charge in [-0.3, -0.25) is 0 Å². The molecule has 0 aliphatic heterocycles. The molecule has 4 nitrogen and oxygen atoms in total. The fourth-order valence-corrected chi connectivity index (χ4v) is 8.15. The largest absolute Gasteiger partial charge is 0.456 e. The van der Waals surface area contributed by atoms with Crippen molar-refractivity contribution in [3.05, 3.63) is 200 Å². The third-order valence-corrected chi connectivity index (χ3v) is 10.8. The number of hydrogen-bond donors (Lipinski definition) is 0. The first-order chi connectivity index (χ1) is 27.7. The first-order valence-electron chi connectivity index (χ1n) is 18.9. The maximum Gasteiger partial charge on any atom is 0.160 e. The minimum Gasteiger partial charge on any atom is -0.456 e. The van der Waals surface area contributed by atoms with Gasteiger partial charge in [0, 0.05) is 50.0 Å². The van der Waals surface area contributed by atoms with E-state index in [2.05, 4.69) is 168 Å². The van der Waals surface area contributed by atoms with Gasteiger partial charge in [-0.1, -0.05) is 152 Å². The second-order valence-corrected chi connectivity index (χ2v) is 14.2. The molecule has 262 valence electrons. The average Bonchev–Trinajstić information content (AvgIpc) is 3.82. The summed E-state index contributed by atoms with van der Waals surface area (Å²) in [5, 5.41) is 4.64. The van der Waals surface area contributed by atoms with Crippen molar-refractivity contribution in [2.24, 2.45) is 0 Å². The quantitative estimate of drug-likeness (QED) is 0.172. The molecular weight excluding hydrogens is 683 g/mol. The molecule has 11 aromatic rings. The maximum absolute atomic E-state index is 6.81. The highest BCUT2D eigenvalue weighted by molar-refractivity contribution is 6.15. The van der Waals surface area contributed by atoms with Crippen molar-refractivity contribution in [1.29, 1.82) is 0 Å². The van der Waals surface area contributed by atoms with Gasteiger partial charge in [0.2, 0.25) is 0 Å². The Morgan fingerprint density at radius 2 is 0.893 bits per heavy atom. The number of nitrogens with zero attached hydrogens (tertiary/aromatic N) is 3. The minimum absolute atomic E-state index is 0.686. The summed E-state index contributed by atoms with van der Waals surface area (Å²) >= 11 is 0. The van der Waals surface area contributed by atoms with Crippen LogP contribution < -0.4 is 0 Å². The van der Waals surface area contributed by atoms with Crippen molar-refractivity contribution in [1.82, 2.24) is 14.5 Å². The van der Waals surface area contributed by atoms with Crippen molar-refractivity contribution in [2.75, 3.05) is 0 Å². The van der Waals surface area contributed by atoms with Crippen molar-refractivity contribution in [2.45, 2.75) is 0 Å². The highest BCUT2D eigenvalue weighted by atomic mass is 16.3. The zero-order chi connectivity index (χ0) is 37.0. The van der Waals surface area contributed by atoms with E-state index in [1.807, 2.05) is 36.4 Å². The van der Waals surface area contributed by atoms with Gasteiger partial charge in [-0.15, -0.1) is 0 Å². The molecule has 0 bridgehead atoms. The molecule has 3 aromatic heterocycles. The lowest BCUT2D eigenvalue weighted by Gasteiger charge is -2.11. The molecule has 11 rings (SSSR count). The predicted octanol–water partition coefficient (Wildman–Crippen LogP) is 13.8. The lowest BCUT2D eigenvalue weighted by atomic mass is 9.94. The van der Waals surface area contributed by atoms with Crippen LogP contribution >= 0.6 is 0 Å². The second kappa shape index (κ2) is 13.1. The summed E-state index contributed by atoms with van der Waals surface area (Å²) in [6.45, 7) is 0. The van der Waals surface area contributed by atoms with Gasteiger partial charge >= 0.3 is 0 Å². The molecule has 0 aliphatic carbocycles. The van der Waals surface area contributed by atoms with Gasteiger partial charge in [-0.05, 0) is 64.7 Å². The number of aromatic nitrogens is 3. The van der Waals surface area contributed by atoms with E-state index in [1.165, 1.54) is 21.8 Å². The zero-order valence-electron chi connectivity index (χ0n) is 30.3. The van der Waals surface area contributed by atoms with E-state index in [1.54, 1.807) is 0 Å². The van der Waals surface area contributed by atoms with Crippen LogP contribution in [0.15, 0.2) is 205 Å². The topological polar surface area (TPSA) is 43.9 Å². The maximum atomic E-state index is 6.81. The number of fused-ring (bicyclic) bond motifs is 6. The molecule has 0 saturated carbocycles.